The summed E-state index contributed by atoms with van der Waals surface area (Å²) in [5, 5.41) is 18.5. The Bertz CT molecular complexity index is 1300. The maximum atomic E-state index is 13.6. The van der Waals surface area contributed by atoms with Crippen molar-refractivity contribution in [1.29, 1.82) is 5.26 Å². The molecule has 0 fully saturated rings. The normalized spacial score (nSPS) is 11.5. The van der Waals surface area contributed by atoms with E-state index in [1.165, 1.54) is 12.1 Å². The van der Waals surface area contributed by atoms with Crippen LogP contribution in [0.2, 0.25) is 0 Å². The topological polar surface area (TPSA) is 133 Å². The van der Waals surface area contributed by atoms with E-state index in [0.29, 0.717) is 53.5 Å². The minimum atomic E-state index is -0.360. The van der Waals surface area contributed by atoms with Crippen LogP contribution in [0, 0.1) is 23.1 Å². The van der Waals surface area contributed by atoms with E-state index in [9.17, 15) is 19.2 Å². The molecule has 5 N–H and O–H groups in total. The molecular formula is C29H33FN6O2. The van der Waals surface area contributed by atoms with Gasteiger partial charge in [-0.1, -0.05) is 44.2 Å². The van der Waals surface area contributed by atoms with Crippen LogP contribution in [0.4, 0.5) is 10.2 Å². The van der Waals surface area contributed by atoms with Gasteiger partial charge in [-0.15, -0.1) is 0 Å². The first kappa shape index (κ1) is 28.3. The van der Waals surface area contributed by atoms with Crippen LogP contribution >= 0.6 is 0 Å². The molecule has 0 aliphatic rings. The maximum Gasteiger partial charge on any atom is 0.255 e. The van der Waals surface area contributed by atoms with Crippen molar-refractivity contribution in [2.45, 2.75) is 32.7 Å². The fourth-order valence-corrected chi connectivity index (χ4v) is 4.11. The third-order valence-electron chi connectivity index (χ3n) is 5.87. The molecule has 0 radical (unpaired) electrons. The van der Waals surface area contributed by atoms with Crippen molar-refractivity contribution in [1.82, 2.24) is 15.6 Å². The summed E-state index contributed by atoms with van der Waals surface area (Å²) in [5.74, 6) is -0.311. The number of rotatable bonds is 12. The molecule has 38 heavy (non-hydrogen) atoms. The molecule has 0 aliphatic carbocycles. The summed E-state index contributed by atoms with van der Waals surface area (Å²) in [5.41, 5.74) is 8.22. The number of hydrogen-bond donors (Lipinski definition) is 4. The molecule has 1 aromatic heterocycles. The second kappa shape index (κ2) is 13.9. The molecule has 0 unspecified atom stereocenters. The summed E-state index contributed by atoms with van der Waals surface area (Å²) in [6.45, 7) is 4.57. The fourth-order valence-electron chi connectivity index (χ4n) is 4.11. The SMILES string of the molecule is CC(C)C[C@H](CNC(=O)c1ccc(-c2ccccc2C#N)nc1NCCc1cccc(F)c1)NC(=O)CN. The lowest BCUT2D eigenvalue weighted by Crippen LogP contribution is -2.46. The summed E-state index contributed by atoms with van der Waals surface area (Å²) in [4.78, 5) is 29.7. The van der Waals surface area contributed by atoms with Crippen LogP contribution in [-0.4, -0.2) is 42.5 Å². The van der Waals surface area contributed by atoms with E-state index in [-0.39, 0.29) is 36.8 Å². The Morgan fingerprint density at radius 1 is 1.11 bits per heavy atom. The number of carbonyl (C=O) groups is 2. The third-order valence-corrected chi connectivity index (χ3v) is 5.87. The maximum absolute atomic E-state index is 13.6. The highest BCUT2D eigenvalue weighted by Gasteiger charge is 2.19. The molecule has 9 heteroatoms. The number of halogens is 1. The van der Waals surface area contributed by atoms with E-state index in [2.05, 4.69) is 27.0 Å². The number of anilines is 1. The predicted octanol–water partition coefficient (Wildman–Crippen LogP) is 3.63. The van der Waals surface area contributed by atoms with Gasteiger partial charge in [-0.25, -0.2) is 9.37 Å². The summed E-state index contributed by atoms with van der Waals surface area (Å²) in [7, 11) is 0. The van der Waals surface area contributed by atoms with Gasteiger partial charge in [0, 0.05) is 24.7 Å². The van der Waals surface area contributed by atoms with E-state index < -0.39 is 0 Å². The highest BCUT2D eigenvalue weighted by atomic mass is 19.1. The summed E-state index contributed by atoms with van der Waals surface area (Å²) in [6, 6.07) is 18.7. The van der Waals surface area contributed by atoms with Crippen molar-refractivity contribution in [3.63, 3.8) is 0 Å². The average molecular weight is 517 g/mol. The van der Waals surface area contributed by atoms with Gasteiger partial charge in [0.25, 0.3) is 5.91 Å². The van der Waals surface area contributed by atoms with Crippen LogP contribution in [0.5, 0.6) is 0 Å². The number of aromatic nitrogens is 1. The van der Waals surface area contributed by atoms with Gasteiger partial charge in [0.05, 0.1) is 29.4 Å². The average Bonchev–Trinajstić information content (AvgIpc) is 2.91. The molecule has 1 atom stereocenters. The zero-order valence-corrected chi connectivity index (χ0v) is 21.6. The molecule has 0 saturated heterocycles. The number of amides is 2. The van der Waals surface area contributed by atoms with Gasteiger partial charge in [-0.05, 0) is 54.7 Å². The molecule has 2 aromatic carbocycles. The predicted molar refractivity (Wildman–Crippen MR) is 146 cm³/mol. The zero-order chi connectivity index (χ0) is 27.5. The second-order valence-corrected chi connectivity index (χ2v) is 9.36. The Morgan fingerprint density at radius 3 is 2.61 bits per heavy atom. The van der Waals surface area contributed by atoms with Crippen LogP contribution in [0.15, 0.2) is 60.7 Å². The van der Waals surface area contributed by atoms with Crippen LogP contribution < -0.4 is 21.7 Å². The molecule has 8 nitrogen and oxygen atoms in total. The number of nitrogens with one attached hydrogen (secondary N) is 3. The zero-order valence-electron chi connectivity index (χ0n) is 21.6. The van der Waals surface area contributed by atoms with E-state index in [1.807, 2.05) is 26.0 Å². The largest absolute Gasteiger partial charge is 0.369 e. The van der Waals surface area contributed by atoms with Gasteiger partial charge in [0.2, 0.25) is 5.91 Å². The van der Waals surface area contributed by atoms with Gasteiger partial charge in [0.15, 0.2) is 0 Å². The van der Waals surface area contributed by atoms with Crippen molar-refractivity contribution >= 4 is 17.6 Å². The lowest BCUT2D eigenvalue weighted by molar-refractivity contribution is -0.120. The summed E-state index contributed by atoms with van der Waals surface area (Å²) >= 11 is 0. The number of nitrogens with two attached hydrogens (primary N) is 1. The van der Waals surface area contributed by atoms with E-state index in [4.69, 9.17) is 5.73 Å². The molecule has 198 valence electrons. The van der Waals surface area contributed by atoms with E-state index >= 15 is 0 Å². The van der Waals surface area contributed by atoms with E-state index in [1.54, 1.807) is 36.4 Å². The number of carbonyl (C=O) groups excluding carboxylic acids is 2. The van der Waals surface area contributed by atoms with Crippen molar-refractivity contribution in [2.24, 2.45) is 11.7 Å². The molecule has 2 amide bonds. The summed E-state index contributed by atoms with van der Waals surface area (Å²) in [6.07, 6.45) is 1.19. The lowest BCUT2D eigenvalue weighted by Gasteiger charge is -2.21. The van der Waals surface area contributed by atoms with Crippen molar-refractivity contribution in [3.05, 3.63) is 83.2 Å². The third kappa shape index (κ3) is 8.11. The number of benzene rings is 2. The van der Waals surface area contributed by atoms with E-state index in [0.717, 1.165) is 5.56 Å². The number of hydrogen-bond acceptors (Lipinski definition) is 6. The van der Waals surface area contributed by atoms with Crippen LogP contribution in [-0.2, 0) is 11.2 Å². The smallest absolute Gasteiger partial charge is 0.255 e. The summed E-state index contributed by atoms with van der Waals surface area (Å²) < 4.78 is 13.6. The van der Waals surface area contributed by atoms with Gasteiger partial charge in [-0.3, -0.25) is 9.59 Å². The molecule has 0 aliphatic heterocycles. The quantitative estimate of drug-likeness (QED) is 0.291. The molecule has 3 aromatic rings. The molecular weight excluding hydrogens is 483 g/mol. The standard InChI is InChI=1S/C29H33FN6O2/c1-19(2)14-23(35-27(37)17-32)18-34-29(38)25-10-11-26(24-9-4-3-7-21(24)16-31)36-28(25)33-13-12-20-6-5-8-22(30)15-20/h3-11,15,19,23H,12-14,17-18,32H2,1-2H3,(H,33,36)(H,34,38)(H,35,37)/t23-/m1/s1. The van der Waals surface area contributed by atoms with Gasteiger partial charge >= 0.3 is 0 Å². The van der Waals surface area contributed by atoms with Crippen molar-refractivity contribution in [2.75, 3.05) is 25.0 Å². The minimum absolute atomic E-state index is 0.128. The first-order valence-corrected chi connectivity index (χ1v) is 12.6. The van der Waals surface area contributed by atoms with Gasteiger partial charge in [-0.2, -0.15) is 5.26 Å². The number of nitrogens with zero attached hydrogens (tertiary/aromatic N) is 2. The fraction of sp³-hybridized carbons (Fsp3) is 0.310. The molecule has 3 rings (SSSR count). The highest BCUT2D eigenvalue weighted by Crippen LogP contribution is 2.25. The highest BCUT2D eigenvalue weighted by molar-refractivity contribution is 5.99. The molecule has 0 saturated carbocycles. The molecule has 0 bridgehead atoms. The number of nitriles is 1. The van der Waals surface area contributed by atoms with Crippen LogP contribution in [0.3, 0.4) is 0 Å². The monoisotopic (exact) mass is 516 g/mol. The Labute approximate surface area is 222 Å². The minimum Gasteiger partial charge on any atom is -0.369 e. The first-order valence-electron chi connectivity index (χ1n) is 12.6. The van der Waals surface area contributed by atoms with Gasteiger partial charge < -0.3 is 21.7 Å². The number of pyridine rings is 1. The van der Waals surface area contributed by atoms with Crippen molar-refractivity contribution < 1.29 is 14.0 Å². The van der Waals surface area contributed by atoms with Gasteiger partial charge in [0.1, 0.15) is 11.6 Å². The first-order chi connectivity index (χ1) is 18.3. The molecule has 0 spiro atoms. The Hall–Kier alpha value is -4.29. The lowest BCUT2D eigenvalue weighted by atomic mass is 10.0. The Morgan fingerprint density at radius 2 is 1.89 bits per heavy atom. The second-order valence-electron chi connectivity index (χ2n) is 9.36. The Balaban J connectivity index is 1.83. The Kier molecular flexibility index (Phi) is 10.3. The van der Waals surface area contributed by atoms with Crippen LogP contribution in [0.25, 0.3) is 11.3 Å². The van der Waals surface area contributed by atoms with Crippen LogP contribution in [0.1, 0.15) is 41.8 Å². The van der Waals surface area contributed by atoms with Crippen molar-refractivity contribution in [3.8, 4) is 17.3 Å². The molecule has 1 heterocycles.